The summed E-state index contributed by atoms with van der Waals surface area (Å²) in [6.45, 7) is 7.47. The molecule has 128 valence electrons. The zero-order chi connectivity index (χ0) is 15.5. The third kappa shape index (κ3) is 3.94. The van der Waals surface area contributed by atoms with E-state index >= 15 is 0 Å². The molecule has 0 N–H and O–H groups in total. The molecular formula is C17H27N3O2S. The van der Waals surface area contributed by atoms with Crippen LogP contribution in [-0.2, 0) is 16.0 Å². The van der Waals surface area contributed by atoms with Crippen LogP contribution in [0.1, 0.15) is 48.3 Å². The van der Waals surface area contributed by atoms with Crippen molar-refractivity contribution >= 4 is 11.3 Å². The molecule has 0 atom stereocenters. The van der Waals surface area contributed by atoms with Gasteiger partial charge in [-0.15, -0.1) is 11.3 Å². The Kier molecular flexibility index (Phi) is 5.26. The van der Waals surface area contributed by atoms with E-state index in [1.807, 2.05) is 6.20 Å². The normalized spacial score (nSPS) is 26.1. The fourth-order valence-electron chi connectivity index (χ4n) is 3.95. The second-order valence-corrected chi connectivity index (χ2v) is 7.99. The van der Waals surface area contributed by atoms with Crippen LogP contribution in [0.2, 0.25) is 0 Å². The van der Waals surface area contributed by atoms with Crippen molar-refractivity contribution in [1.82, 2.24) is 14.8 Å². The first-order valence-corrected chi connectivity index (χ1v) is 9.84. The summed E-state index contributed by atoms with van der Waals surface area (Å²) in [7, 11) is 0. The van der Waals surface area contributed by atoms with E-state index in [-0.39, 0.29) is 6.29 Å². The largest absolute Gasteiger partial charge is 0.344 e. The first-order chi connectivity index (χ1) is 11.4. The number of hydrogen-bond donors (Lipinski definition) is 0. The highest BCUT2D eigenvalue weighted by molar-refractivity contribution is 7.11. The van der Waals surface area contributed by atoms with Gasteiger partial charge in [-0.05, 0) is 38.8 Å². The Hall–Kier alpha value is -0.530. The Morgan fingerprint density at radius 3 is 2.52 bits per heavy atom. The molecule has 5 nitrogen and oxygen atoms in total. The average Bonchev–Trinajstić information content (AvgIpc) is 3.28. The van der Waals surface area contributed by atoms with E-state index in [1.165, 1.54) is 63.2 Å². The molecule has 3 aliphatic rings. The molecule has 0 spiro atoms. The monoisotopic (exact) mass is 337 g/mol. The Bertz CT molecular complexity index is 490. The van der Waals surface area contributed by atoms with Gasteiger partial charge in [-0.3, -0.25) is 4.90 Å². The molecule has 1 aromatic rings. The molecule has 3 aliphatic heterocycles. The molecule has 0 aliphatic carbocycles. The summed E-state index contributed by atoms with van der Waals surface area (Å²) >= 11 is 1.74. The van der Waals surface area contributed by atoms with Gasteiger partial charge in [-0.25, -0.2) is 4.98 Å². The fraction of sp³-hybridized carbons (Fsp3) is 0.824. The molecule has 3 fully saturated rings. The van der Waals surface area contributed by atoms with Crippen molar-refractivity contribution in [3.8, 4) is 0 Å². The van der Waals surface area contributed by atoms with Gasteiger partial charge in [0.2, 0.25) is 6.29 Å². The summed E-state index contributed by atoms with van der Waals surface area (Å²) in [5.41, 5.74) is 0. The van der Waals surface area contributed by atoms with E-state index in [0.29, 0.717) is 13.2 Å². The second kappa shape index (κ2) is 7.57. The van der Waals surface area contributed by atoms with E-state index < -0.39 is 0 Å². The highest BCUT2D eigenvalue weighted by Gasteiger charge is 2.26. The third-order valence-electron chi connectivity index (χ3n) is 5.24. The molecule has 0 amide bonds. The summed E-state index contributed by atoms with van der Waals surface area (Å²) in [5.74, 6) is 0. The van der Waals surface area contributed by atoms with Crippen LogP contribution in [0.15, 0.2) is 6.20 Å². The SMILES string of the molecule is c1nc(C2OCCO2)sc1CN1CCC(N2CCCCC2)CC1. The number of ether oxygens (including phenoxy) is 2. The van der Waals surface area contributed by atoms with Gasteiger partial charge >= 0.3 is 0 Å². The van der Waals surface area contributed by atoms with Crippen molar-refractivity contribution in [3.63, 3.8) is 0 Å². The second-order valence-electron chi connectivity index (χ2n) is 6.84. The van der Waals surface area contributed by atoms with Crippen LogP contribution < -0.4 is 0 Å². The lowest BCUT2D eigenvalue weighted by atomic mass is 10.00. The predicted molar refractivity (Wildman–Crippen MR) is 90.5 cm³/mol. The predicted octanol–water partition coefficient (Wildman–Crippen LogP) is 2.64. The molecule has 3 saturated heterocycles. The minimum Gasteiger partial charge on any atom is -0.344 e. The van der Waals surface area contributed by atoms with Gasteiger partial charge in [-0.2, -0.15) is 0 Å². The number of hydrogen-bond acceptors (Lipinski definition) is 6. The minimum atomic E-state index is -0.224. The molecule has 23 heavy (non-hydrogen) atoms. The highest BCUT2D eigenvalue weighted by atomic mass is 32.1. The molecule has 0 unspecified atom stereocenters. The summed E-state index contributed by atoms with van der Waals surface area (Å²) in [4.78, 5) is 11.1. The Morgan fingerprint density at radius 2 is 1.78 bits per heavy atom. The standard InChI is InChI=1S/C17H27N3O2S/c1-2-6-20(7-3-1)14-4-8-19(9-5-14)13-15-12-18-16(23-15)17-21-10-11-22-17/h12,14,17H,1-11,13H2. The molecular weight excluding hydrogens is 310 g/mol. The van der Waals surface area contributed by atoms with Crippen molar-refractivity contribution in [2.45, 2.75) is 51.0 Å². The van der Waals surface area contributed by atoms with Gasteiger partial charge < -0.3 is 14.4 Å². The maximum Gasteiger partial charge on any atom is 0.211 e. The number of nitrogens with zero attached hydrogens (tertiary/aromatic N) is 3. The zero-order valence-corrected chi connectivity index (χ0v) is 14.6. The third-order valence-corrected chi connectivity index (χ3v) is 6.24. The van der Waals surface area contributed by atoms with E-state index in [4.69, 9.17) is 9.47 Å². The highest BCUT2D eigenvalue weighted by Crippen LogP contribution is 2.28. The van der Waals surface area contributed by atoms with Crippen LogP contribution in [0.25, 0.3) is 0 Å². The fourth-order valence-corrected chi connectivity index (χ4v) is 4.91. The van der Waals surface area contributed by atoms with Gasteiger partial charge in [0, 0.05) is 36.8 Å². The lowest BCUT2D eigenvalue weighted by Gasteiger charge is -2.40. The van der Waals surface area contributed by atoms with Crippen molar-refractivity contribution in [3.05, 3.63) is 16.1 Å². The molecule has 0 bridgehead atoms. The van der Waals surface area contributed by atoms with Crippen LogP contribution in [0.5, 0.6) is 0 Å². The minimum absolute atomic E-state index is 0.224. The number of rotatable bonds is 4. The molecule has 0 aromatic carbocycles. The first kappa shape index (κ1) is 16.0. The molecule has 0 saturated carbocycles. The van der Waals surface area contributed by atoms with Crippen LogP contribution in [0.3, 0.4) is 0 Å². The van der Waals surface area contributed by atoms with E-state index in [0.717, 1.165) is 17.6 Å². The van der Waals surface area contributed by atoms with E-state index in [9.17, 15) is 0 Å². The molecule has 1 aromatic heterocycles. The maximum absolute atomic E-state index is 5.53. The molecule has 6 heteroatoms. The quantitative estimate of drug-likeness (QED) is 0.844. The molecule has 4 heterocycles. The summed E-state index contributed by atoms with van der Waals surface area (Å²) in [5, 5.41) is 0.973. The van der Waals surface area contributed by atoms with Crippen LogP contribution >= 0.6 is 11.3 Å². The zero-order valence-electron chi connectivity index (χ0n) is 13.8. The van der Waals surface area contributed by atoms with Crippen molar-refractivity contribution in [1.29, 1.82) is 0 Å². The van der Waals surface area contributed by atoms with Gasteiger partial charge in [0.05, 0.1) is 13.2 Å². The van der Waals surface area contributed by atoms with Gasteiger partial charge in [0.25, 0.3) is 0 Å². The number of aromatic nitrogens is 1. The van der Waals surface area contributed by atoms with Crippen molar-refractivity contribution in [2.24, 2.45) is 0 Å². The van der Waals surface area contributed by atoms with Crippen LogP contribution in [-0.4, -0.2) is 60.2 Å². The smallest absolute Gasteiger partial charge is 0.211 e. The number of thiazole rings is 1. The van der Waals surface area contributed by atoms with E-state index in [1.54, 1.807) is 11.3 Å². The van der Waals surface area contributed by atoms with Crippen molar-refractivity contribution < 1.29 is 9.47 Å². The van der Waals surface area contributed by atoms with Crippen molar-refractivity contribution in [2.75, 3.05) is 39.4 Å². The summed E-state index contributed by atoms with van der Waals surface area (Å²) < 4.78 is 11.1. The summed E-state index contributed by atoms with van der Waals surface area (Å²) in [6, 6.07) is 0.823. The topological polar surface area (TPSA) is 37.8 Å². The van der Waals surface area contributed by atoms with Crippen LogP contribution in [0.4, 0.5) is 0 Å². The van der Waals surface area contributed by atoms with Crippen LogP contribution in [0, 0.1) is 0 Å². The Balaban J connectivity index is 1.26. The van der Waals surface area contributed by atoms with Gasteiger partial charge in [0.1, 0.15) is 5.01 Å². The number of piperidine rings is 2. The first-order valence-electron chi connectivity index (χ1n) is 9.03. The number of likely N-dealkylation sites (tertiary alicyclic amines) is 2. The average molecular weight is 337 g/mol. The Morgan fingerprint density at radius 1 is 1.04 bits per heavy atom. The van der Waals surface area contributed by atoms with Gasteiger partial charge in [0.15, 0.2) is 0 Å². The lowest BCUT2D eigenvalue weighted by Crippen LogP contribution is -2.46. The van der Waals surface area contributed by atoms with E-state index in [2.05, 4.69) is 14.8 Å². The molecule has 4 rings (SSSR count). The summed E-state index contributed by atoms with van der Waals surface area (Å²) in [6.07, 6.45) is 8.64. The Labute approximate surface area is 142 Å². The van der Waals surface area contributed by atoms with Gasteiger partial charge in [-0.1, -0.05) is 6.42 Å². The molecule has 0 radical (unpaired) electrons. The maximum atomic E-state index is 5.53. The lowest BCUT2D eigenvalue weighted by molar-refractivity contribution is -0.0442.